The summed E-state index contributed by atoms with van der Waals surface area (Å²) in [6.45, 7) is 10.6. The van der Waals surface area contributed by atoms with Crippen molar-refractivity contribution in [3.63, 3.8) is 0 Å². The molecule has 0 spiro atoms. The summed E-state index contributed by atoms with van der Waals surface area (Å²) in [5.41, 5.74) is 0. The van der Waals surface area contributed by atoms with Gasteiger partial charge in [-0.2, -0.15) is 0 Å². The number of esters is 1. The minimum Gasteiger partial charge on any atom is -0.460 e. The van der Waals surface area contributed by atoms with Crippen molar-refractivity contribution in [2.24, 2.45) is 5.92 Å². The van der Waals surface area contributed by atoms with Gasteiger partial charge in [0.15, 0.2) is 0 Å². The minimum atomic E-state index is -0.324. The Labute approximate surface area is 103 Å². The Hall–Kier alpha value is -1.32. The quantitative estimate of drug-likeness (QED) is 0.548. The number of hydrogen-bond acceptors (Lipinski definition) is 3. The molecule has 0 aliphatic rings. The summed E-state index contributed by atoms with van der Waals surface area (Å²) in [6, 6.07) is -0.198. The minimum absolute atomic E-state index is 0.127. The topological polar surface area (TPSA) is 55.4 Å². The van der Waals surface area contributed by atoms with Gasteiger partial charge in [0.05, 0.1) is 6.04 Å². The average Bonchev–Trinajstić information content (AvgIpc) is 2.13. The van der Waals surface area contributed by atoms with Crippen LogP contribution >= 0.6 is 0 Å². The van der Waals surface area contributed by atoms with Gasteiger partial charge in [0.25, 0.3) is 0 Å². The van der Waals surface area contributed by atoms with Crippen LogP contribution in [0.25, 0.3) is 0 Å². The molecule has 0 unspecified atom stereocenters. The summed E-state index contributed by atoms with van der Waals surface area (Å²) in [5.74, 6) is -0.0618. The lowest BCUT2D eigenvalue weighted by Crippen LogP contribution is -2.44. The summed E-state index contributed by atoms with van der Waals surface area (Å²) >= 11 is 0. The highest BCUT2D eigenvalue weighted by Crippen LogP contribution is 2.15. The molecule has 0 rings (SSSR count). The Kier molecular flexibility index (Phi) is 7.26. The van der Waals surface area contributed by atoms with Crippen LogP contribution in [0.3, 0.4) is 0 Å². The lowest BCUT2D eigenvalue weighted by molar-refractivity contribution is -0.149. The first-order valence-electron chi connectivity index (χ1n) is 5.92. The summed E-state index contributed by atoms with van der Waals surface area (Å²) in [7, 11) is 0. The predicted molar refractivity (Wildman–Crippen MR) is 67.4 cm³/mol. The highest BCUT2D eigenvalue weighted by molar-refractivity contribution is 5.73. The third-order valence-electron chi connectivity index (χ3n) is 2.28. The molecule has 0 aromatic heterocycles. The van der Waals surface area contributed by atoms with Crippen molar-refractivity contribution < 1.29 is 14.3 Å². The second kappa shape index (κ2) is 7.87. The molecule has 0 heterocycles. The molecule has 4 nitrogen and oxygen atoms in total. The van der Waals surface area contributed by atoms with Crippen LogP contribution in [0.15, 0.2) is 12.7 Å². The zero-order valence-electron chi connectivity index (χ0n) is 11.2. The monoisotopic (exact) mass is 241 g/mol. The number of carbonyl (C=O) groups is 2. The van der Waals surface area contributed by atoms with Crippen molar-refractivity contribution in [3.8, 4) is 0 Å². The van der Waals surface area contributed by atoms with E-state index < -0.39 is 0 Å². The van der Waals surface area contributed by atoms with Gasteiger partial charge >= 0.3 is 5.97 Å². The number of ether oxygens (including phenoxy) is 1. The zero-order valence-corrected chi connectivity index (χ0v) is 11.2. The average molecular weight is 241 g/mol. The van der Waals surface area contributed by atoms with Crippen molar-refractivity contribution >= 4 is 11.9 Å². The molecule has 0 aromatic carbocycles. The third kappa shape index (κ3) is 7.55. The smallest absolute Gasteiger partial charge is 0.302 e. The molecule has 0 fully saturated rings. The first kappa shape index (κ1) is 15.7. The number of amides is 1. The maximum Gasteiger partial charge on any atom is 0.302 e. The Morgan fingerprint density at radius 3 is 2.29 bits per heavy atom. The molecule has 2 atom stereocenters. The molecule has 4 heteroatoms. The molecule has 1 amide bonds. The lowest BCUT2D eigenvalue weighted by atomic mass is 9.97. The van der Waals surface area contributed by atoms with E-state index in [0.29, 0.717) is 12.3 Å². The largest absolute Gasteiger partial charge is 0.460 e. The highest BCUT2D eigenvalue weighted by Gasteiger charge is 2.24. The second-order valence-corrected chi connectivity index (χ2v) is 4.61. The van der Waals surface area contributed by atoms with Gasteiger partial charge in [-0.1, -0.05) is 19.9 Å². The Bertz CT molecular complexity index is 274. The lowest BCUT2D eigenvalue weighted by Gasteiger charge is -2.27. The van der Waals surface area contributed by atoms with E-state index >= 15 is 0 Å². The Balaban J connectivity index is 4.70. The summed E-state index contributed by atoms with van der Waals surface area (Å²) in [5, 5.41) is 2.80. The van der Waals surface area contributed by atoms with E-state index in [-0.39, 0.29) is 24.0 Å². The second-order valence-electron chi connectivity index (χ2n) is 4.61. The van der Waals surface area contributed by atoms with E-state index in [1.54, 1.807) is 6.08 Å². The summed E-state index contributed by atoms with van der Waals surface area (Å²) in [4.78, 5) is 22.2. The van der Waals surface area contributed by atoms with Crippen LogP contribution in [-0.2, 0) is 14.3 Å². The van der Waals surface area contributed by atoms with E-state index in [2.05, 4.69) is 25.7 Å². The van der Waals surface area contributed by atoms with Crippen LogP contribution in [0, 0.1) is 5.92 Å². The van der Waals surface area contributed by atoms with E-state index in [9.17, 15) is 9.59 Å². The van der Waals surface area contributed by atoms with Crippen molar-refractivity contribution in [2.45, 2.75) is 52.7 Å². The van der Waals surface area contributed by atoms with Crippen molar-refractivity contribution in [2.75, 3.05) is 0 Å². The molecule has 0 aliphatic carbocycles. The normalized spacial score (nSPS) is 13.9. The number of carbonyl (C=O) groups excluding carboxylic acids is 2. The molecule has 0 saturated heterocycles. The van der Waals surface area contributed by atoms with E-state index in [4.69, 9.17) is 4.74 Å². The standard InChI is InChI=1S/C13H23NO3/c1-6-7-12(14-10(4)15)13(8-9(2)3)17-11(5)16/h6,9,12-13H,1,7-8H2,2-5H3,(H,14,15)/t12-,13+/m0/s1. The molecule has 0 radical (unpaired) electrons. The fourth-order valence-electron chi connectivity index (χ4n) is 1.72. The summed E-state index contributed by atoms with van der Waals surface area (Å²) < 4.78 is 5.28. The van der Waals surface area contributed by atoms with E-state index in [1.807, 2.05) is 0 Å². The van der Waals surface area contributed by atoms with Gasteiger partial charge in [-0.25, -0.2) is 0 Å². The molecule has 17 heavy (non-hydrogen) atoms. The van der Waals surface area contributed by atoms with Gasteiger partial charge in [-0.15, -0.1) is 6.58 Å². The van der Waals surface area contributed by atoms with Crippen LogP contribution < -0.4 is 5.32 Å². The first-order chi connectivity index (χ1) is 7.86. The Morgan fingerprint density at radius 1 is 1.35 bits per heavy atom. The molecule has 0 aliphatic heterocycles. The van der Waals surface area contributed by atoms with Gasteiger partial charge in [0.2, 0.25) is 5.91 Å². The van der Waals surface area contributed by atoms with E-state index in [0.717, 1.165) is 6.42 Å². The van der Waals surface area contributed by atoms with Gasteiger partial charge in [0.1, 0.15) is 6.10 Å². The van der Waals surface area contributed by atoms with Crippen LogP contribution in [0.4, 0.5) is 0 Å². The van der Waals surface area contributed by atoms with E-state index in [1.165, 1.54) is 13.8 Å². The van der Waals surface area contributed by atoms with Crippen molar-refractivity contribution in [3.05, 3.63) is 12.7 Å². The number of hydrogen-bond donors (Lipinski definition) is 1. The Morgan fingerprint density at radius 2 is 1.94 bits per heavy atom. The fraction of sp³-hybridized carbons (Fsp3) is 0.692. The van der Waals surface area contributed by atoms with Gasteiger partial charge < -0.3 is 10.1 Å². The fourth-order valence-corrected chi connectivity index (χ4v) is 1.72. The zero-order chi connectivity index (χ0) is 13.4. The van der Waals surface area contributed by atoms with Gasteiger partial charge in [-0.3, -0.25) is 9.59 Å². The highest BCUT2D eigenvalue weighted by atomic mass is 16.5. The van der Waals surface area contributed by atoms with Crippen LogP contribution in [-0.4, -0.2) is 24.0 Å². The van der Waals surface area contributed by atoms with Gasteiger partial charge in [-0.05, 0) is 18.8 Å². The summed E-state index contributed by atoms with van der Waals surface area (Å²) in [6.07, 6.45) is 2.73. The molecular formula is C13H23NO3. The predicted octanol–water partition coefficient (Wildman–Crippen LogP) is 2.04. The molecule has 0 bridgehead atoms. The van der Waals surface area contributed by atoms with Crippen LogP contribution in [0.1, 0.15) is 40.5 Å². The van der Waals surface area contributed by atoms with Gasteiger partial charge in [0, 0.05) is 13.8 Å². The molecule has 98 valence electrons. The maximum absolute atomic E-state index is 11.1. The number of nitrogens with one attached hydrogen (secondary N) is 1. The van der Waals surface area contributed by atoms with Crippen molar-refractivity contribution in [1.29, 1.82) is 0 Å². The third-order valence-corrected chi connectivity index (χ3v) is 2.28. The van der Waals surface area contributed by atoms with Crippen molar-refractivity contribution in [1.82, 2.24) is 5.32 Å². The molecular weight excluding hydrogens is 218 g/mol. The van der Waals surface area contributed by atoms with Crippen LogP contribution in [0.2, 0.25) is 0 Å². The first-order valence-corrected chi connectivity index (χ1v) is 5.92. The molecule has 1 N–H and O–H groups in total. The SMILES string of the molecule is C=CC[C@H](NC(C)=O)[C@@H](CC(C)C)OC(C)=O. The molecule has 0 aromatic rings. The number of rotatable bonds is 7. The van der Waals surface area contributed by atoms with Crippen LogP contribution in [0.5, 0.6) is 0 Å². The molecule has 0 saturated carbocycles. The maximum atomic E-state index is 11.1.